The Labute approximate surface area is 220 Å². The maximum atomic E-state index is 13.3. The van der Waals surface area contributed by atoms with Gasteiger partial charge in [-0.25, -0.2) is 0 Å². The molecular weight excluding hydrogens is 499 g/mol. The number of nitrogens with zero attached hydrogens (tertiary/aromatic N) is 1. The van der Waals surface area contributed by atoms with E-state index in [-0.39, 0.29) is 5.92 Å². The van der Waals surface area contributed by atoms with E-state index in [1.54, 1.807) is 0 Å². The van der Waals surface area contributed by atoms with Crippen LogP contribution in [0.1, 0.15) is 109 Å². The zero-order valence-electron chi connectivity index (χ0n) is 21.7. The van der Waals surface area contributed by atoms with Crippen LogP contribution in [0.25, 0.3) is 0 Å². The van der Waals surface area contributed by atoms with E-state index in [2.05, 4.69) is 0 Å². The maximum Gasteiger partial charge on any atom is 0.416 e. The first-order valence-corrected chi connectivity index (χ1v) is 13.5. The van der Waals surface area contributed by atoms with Crippen molar-refractivity contribution in [1.82, 2.24) is 4.98 Å². The number of fused-ring (bicyclic) bond motifs is 4. The number of ether oxygens (including phenoxy) is 3. The van der Waals surface area contributed by atoms with Crippen molar-refractivity contribution in [2.75, 3.05) is 26.4 Å². The van der Waals surface area contributed by atoms with Gasteiger partial charge in [-0.05, 0) is 47.9 Å². The summed E-state index contributed by atoms with van der Waals surface area (Å²) in [5, 5.41) is 23.0. The summed E-state index contributed by atoms with van der Waals surface area (Å²) in [4.78, 5) is 5.09. The van der Waals surface area contributed by atoms with Gasteiger partial charge in [0.15, 0.2) is 0 Å². The van der Waals surface area contributed by atoms with E-state index >= 15 is 0 Å². The van der Waals surface area contributed by atoms with Gasteiger partial charge in [-0.15, -0.1) is 0 Å². The highest BCUT2D eigenvalue weighted by molar-refractivity contribution is 5.55. The molecule has 0 unspecified atom stereocenters. The van der Waals surface area contributed by atoms with Gasteiger partial charge < -0.3 is 24.4 Å². The van der Waals surface area contributed by atoms with E-state index < -0.39 is 41.1 Å². The molecule has 4 aliphatic rings. The van der Waals surface area contributed by atoms with Gasteiger partial charge in [-0.2, -0.15) is 13.2 Å². The first-order chi connectivity index (χ1) is 18.0. The van der Waals surface area contributed by atoms with Crippen molar-refractivity contribution in [3.63, 3.8) is 0 Å². The van der Waals surface area contributed by atoms with Crippen LogP contribution in [0.5, 0.6) is 0 Å². The van der Waals surface area contributed by atoms with E-state index in [0.717, 1.165) is 41.8 Å². The Hall–Kier alpha value is -2.04. The molecule has 9 heteroatoms. The zero-order valence-corrected chi connectivity index (χ0v) is 21.7. The lowest BCUT2D eigenvalue weighted by atomic mass is 9.68. The predicted molar refractivity (Wildman–Crippen MR) is 131 cm³/mol. The van der Waals surface area contributed by atoms with Crippen molar-refractivity contribution in [3.8, 4) is 0 Å². The highest BCUT2D eigenvalue weighted by atomic mass is 19.4. The molecule has 1 spiro atoms. The lowest BCUT2D eigenvalue weighted by Crippen LogP contribution is -2.38. The molecule has 0 radical (unpaired) electrons. The van der Waals surface area contributed by atoms with Gasteiger partial charge in [0.05, 0.1) is 28.7 Å². The largest absolute Gasteiger partial charge is 0.416 e. The Morgan fingerprint density at radius 3 is 2.16 bits per heavy atom. The fraction of sp³-hybridized carbons (Fsp3) is 0.621. The molecule has 4 heterocycles. The minimum absolute atomic E-state index is 0.0488. The summed E-state index contributed by atoms with van der Waals surface area (Å²) in [7, 11) is 0. The van der Waals surface area contributed by atoms with Gasteiger partial charge in [-0.1, -0.05) is 26.0 Å². The summed E-state index contributed by atoms with van der Waals surface area (Å²) < 4.78 is 58.2. The first-order valence-electron chi connectivity index (χ1n) is 13.5. The Bertz CT molecular complexity index is 1200. The SMILES string of the molecule is CC1(C)C[C@H](O)c2c(nc(C3CCOCC3)c3c2C2(CCOCC2)O[C@@H]3c2ccc(C(F)(F)F)cc2)[C@@H]1O. The molecule has 0 saturated carbocycles. The quantitative estimate of drug-likeness (QED) is 0.522. The van der Waals surface area contributed by atoms with E-state index in [1.807, 2.05) is 13.8 Å². The summed E-state index contributed by atoms with van der Waals surface area (Å²) in [5.74, 6) is 0.0488. The summed E-state index contributed by atoms with van der Waals surface area (Å²) in [6, 6.07) is 5.15. The number of hydrogen-bond donors (Lipinski definition) is 2. The van der Waals surface area contributed by atoms with Crippen LogP contribution in [0.15, 0.2) is 24.3 Å². The minimum atomic E-state index is -4.43. The third-order valence-corrected chi connectivity index (χ3v) is 8.89. The van der Waals surface area contributed by atoms with Crippen LogP contribution >= 0.6 is 0 Å². The van der Waals surface area contributed by atoms with Crippen LogP contribution in [-0.4, -0.2) is 41.6 Å². The van der Waals surface area contributed by atoms with E-state index in [9.17, 15) is 23.4 Å². The molecule has 1 aliphatic carbocycles. The van der Waals surface area contributed by atoms with Gasteiger partial charge in [0, 0.05) is 56.3 Å². The number of aromatic nitrogens is 1. The molecule has 206 valence electrons. The zero-order chi connectivity index (χ0) is 26.9. The Morgan fingerprint density at radius 1 is 0.895 bits per heavy atom. The van der Waals surface area contributed by atoms with Gasteiger partial charge in [-0.3, -0.25) is 4.98 Å². The van der Waals surface area contributed by atoms with E-state index in [4.69, 9.17) is 19.2 Å². The molecule has 2 N–H and O–H groups in total. The molecule has 0 amide bonds. The van der Waals surface area contributed by atoms with Gasteiger partial charge in [0.25, 0.3) is 0 Å². The van der Waals surface area contributed by atoms with Gasteiger partial charge in [0.1, 0.15) is 12.2 Å². The standard InChI is InChI=1S/C29H34F3NO5/c1-27(2)15-19(34)20-22-21(23(33-24(20)26(27)35)16-7-11-36-12-8-16)25(38-28(22)9-13-37-14-10-28)17-3-5-18(6-4-17)29(30,31)32/h3-6,16,19,25-26,34-35H,7-15H2,1-2H3/t19-,25+,26-/m0/s1. The molecule has 2 aromatic rings. The molecule has 38 heavy (non-hydrogen) atoms. The van der Waals surface area contributed by atoms with Gasteiger partial charge in [0.2, 0.25) is 0 Å². The van der Waals surface area contributed by atoms with Crippen LogP contribution in [0.4, 0.5) is 13.2 Å². The van der Waals surface area contributed by atoms with Crippen LogP contribution in [0, 0.1) is 5.41 Å². The predicted octanol–water partition coefficient (Wildman–Crippen LogP) is 5.62. The number of alkyl halides is 3. The molecule has 6 nitrogen and oxygen atoms in total. The molecule has 6 rings (SSSR count). The monoisotopic (exact) mass is 533 g/mol. The normalized spacial score (nSPS) is 28.8. The van der Waals surface area contributed by atoms with Crippen LogP contribution < -0.4 is 0 Å². The van der Waals surface area contributed by atoms with Crippen molar-refractivity contribution in [3.05, 3.63) is 63.5 Å². The third kappa shape index (κ3) is 4.18. The number of aliphatic hydroxyl groups is 2. The Kier molecular flexibility index (Phi) is 6.39. The van der Waals surface area contributed by atoms with Crippen LogP contribution in [-0.2, 0) is 26.0 Å². The second-order valence-electron chi connectivity index (χ2n) is 11.8. The highest BCUT2D eigenvalue weighted by Gasteiger charge is 2.54. The van der Waals surface area contributed by atoms with E-state index in [1.165, 1.54) is 12.1 Å². The number of rotatable bonds is 2. The minimum Gasteiger partial charge on any atom is -0.388 e. The highest BCUT2D eigenvalue weighted by Crippen LogP contribution is 2.59. The van der Waals surface area contributed by atoms with Crippen LogP contribution in [0.3, 0.4) is 0 Å². The van der Waals surface area contributed by atoms with Crippen molar-refractivity contribution in [1.29, 1.82) is 0 Å². The molecule has 1 aromatic carbocycles. The summed E-state index contributed by atoms with van der Waals surface area (Å²) in [5.41, 5.74) is 2.17. The lowest BCUT2D eigenvalue weighted by molar-refractivity contribution is -0.137. The molecule has 1 aromatic heterocycles. The average molecular weight is 534 g/mol. The molecule has 3 aliphatic heterocycles. The summed E-state index contributed by atoms with van der Waals surface area (Å²) in [6.45, 7) is 5.95. The van der Waals surface area contributed by atoms with Crippen LogP contribution in [0.2, 0.25) is 0 Å². The first kappa shape index (κ1) is 26.2. The summed E-state index contributed by atoms with van der Waals surface area (Å²) in [6.07, 6.45) is -3.83. The lowest BCUT2D eigenvalue weighted by Gasteiger charge is -2.42. The Morgan fingerprint density at radius 2 is 1.53 bits per heavy atom. The van der Waals surface area contributed by atoms with Crippen molar-refractivity contribution in [2.45, 2.75) is 82.0 Å². The fourth-order valence-electron chi connectivity index (χ4n) is 6.81. The number of pyridine rings is 1. The third-order valence-electron chi connectivity index (χ3n) is 8.89. The van der Waals surface area contributed by atoms with E-state index in [0.29, 0.717) is 62.5 Å². The smallest absolute Gasteiger partial charge is 0.388 e. The number of hydrogen-bond acceptors (Lipinski definition) is 6. The Balaban J connectivity index is 1.60. The molecule has 3 atom stereocenters. The second-order valence-corrected chi connectivity index (χ2v) is 11.8. The fourth-order valence-corrected chi connectivity index (χ4v) is 6.81. The average Bonchev–Trinajstić information content (AvgIpc) is 3.21. The van der Waals surface area contributed by atoms with Crippen molar-refractivity contribution >= 4 is 0 Å². The number of benzene rings is 1. The van der Waals surface area contributed by atoms with Gasteiger partial charge >= 0.3 is 6.18 Å². The van der Waals surface area contributed by atoms with Crippen molar-refractivity contribution < 1.29 is 37.6 Å². The maximum absolute atomic E-state index is 13.3. The number of aliphatic hydroxyl groups excluding tert-OH is 2. The number of halogens is 3. The molecule has 2 saturated heterocycles. The summed E-state index contributed by atoms with van der Waals surface area (Å²) >= 11 is 0. The second kappa shape index (κ2) is 9.27. The molecule has 2 fully saturated rings. The van der Waals surface area contributed by atoms with Crippen molar-refractivity contribution in [2.24, 2.45) is 5.41 Å². The molecular formula is C29H34F3NO5. The topological polar surface area (TPSA) is 81.0 Å². The molecule has 0 bridgehead atoms.